The Morgan fingerprint density at radius 2 is 1.73 bits per heavy atom. The van der Waals surface area contributed by atoms with Crippen LogP contribution in [-0.2, 0) is 15.0 Å². The summed E-state index contributed by atoms with van der Waals surface area (Å²) in [5.41, 5.74) is 1.29. The van der Waals surface area contributed by atoms with Gasteiger partial charge < -0.3 is 29.3 Å². The van der Waals surface area contributed by atoms with Gasteiger partial charge in [0.25, 0.3) is 0 Å². The Morgan fingerprint density at radius 1 is 1.08 bits per heavy atom. The summed E-state index contributed by atoms with van der Waals surface area (Å²) in [6.45, 7) is 5.56. The van der Waals surface area contributed by atoms with Gasteiger partial charge in [0.05, 0.1) is 13.0 Å². The number of aliphatic carboxylic acids is 2. The molecular formula is C26H30F3NO7. The fraction of sp³-hybridized carbons (Fsp3) is 0.462. The molecule has 2 aliphatic heterocycles. The first kappa shape index (κ1) is 28.1. The minimum atomic E-state index is -5.08. The molecule has 4 rings (SSSR count). The summed E-state index contributed by atoms with van der Waals surface area (Å²) in [7, 11) is 0. The summed E-state index contributed by atoms with van der Waals surface area (Å²) in [4.78, 5) is 21.9. The normalized spacial score (nSPS) is 17.1. The summed E-state index contributed by atoms with van der Waals surface area (Å²) in [5, 5.41) is 16.0. The highest BCUT2D eigenvalue weighted by atomic mass is 19.4. The fourth-order valence-electron chi connectivity index (χ4n) is 4.29. The number of nitrogens with zero attached hydrogens (tertiary/aromatic N) is 1. The van der Waals surface area contributed by atoms with E-state index < -0.39 is 18.1 Å². The molecule has 0 saturated carbocycles. The first-order chi connectivity index (χ1) is 17.5. The first-order valence-corrected chi connectivity index (χ1v) is 11.8. The van der Waals surface area contributed by atoms with Gasteiger partial charge in [-0.15, -0.1) is 0 Å². The highest BCUT2D eigenvalue weighted by Crippen LogP contribution is 2.46. The van der Waals surface area contributed by atoms with Gasteiger partial charge in [-0.1, -0.05) is 24.3 Å². The molecule has 0 aliphatic carbocycles. The standard InChI is InChI=1S/C24H29NO5.C2HF3O2/c1-18(30-19-5-3-2-4-6-19)16-28-20-7-8-21-22(15-20)29-17-24(21)10-13-25(14-11-24)12-9-23(26)27;3-2(4,5)1(6)7/h2-8,15,18H,9-14,16-17H2,1H3,(H,26,27);(H,6,7). The largest absolute Gasteiger partial charge is 0.492 e. The number of carboxylic acids is 2. The van der Waals surface area contributed by atoms with E-state index in [2.05, 4.69) is 11.0 Å². The summed E-state index contributed by atoms with van der Waals surface area (Å²) >= 11 is 0. The number of piperidine rings is 1. The molecule has 11 heteroatoms. The highest BCUT2D eigenvalue weighted by molar-refractivity contribution is 5.73. The smallest absolute Gasteiger partial charge is 0.490 e. The number of benzene rings is 2. The zero-order valence-electron chi connectivity index (χ0n) is 20.4. The summed E-state index contributed by atoms with van der Waals surface area (Å²) < 4.78 is 49.6. The van der Waals surface area contributed by atoms with E-state index in [1.165, 1.54) is 5.56 Å². The van der Waals surface area contributed by atoms with Crippen molar-refractivity contribution in [3.8, 4) is 17.2 Å². The minimum Gasteiger partial charge on any atom is -0.492 e. The quantitative estimate of drug-likeness (QED) is 0.524. The predicted octanol–water partition coefficient (Wildman–Crippen LogP) is 4.37. The lowest BCUT2D eigenvalue weighted by atomic mass is 9.74. The van der Waals surface area contributed by atoms with Crippen LogP contribution in [0.25, 0.3) is 0 Å². The minimum absolute atomic E-state index is 0.0390. The van der Waals surface area contributed by atoms with Gasteiger partial charge in [-0.25, -0.2) is 4.79 Å². The van der Waals surface area contributed by atoms with E-state index in [4.69, 9.17) is 29.2 Å². The van der Waals surface area contributed by atoms with Gasteiger partial charge in [-0.3, -0.25) is 4.79 Å². The Morgan fingerprint density at radius 3 is 2.32 bits per heavy atom. The molecule has 8 nitrogen and oxygen atoms in total. The molecule has 1 atom stereocenters. The van der Waals surface area contributed by atoms with Crippen molar-refractivity contribution in [3.63, 3.8) is 0 Å². The van der Waals surface area contributed by atoms with E-state index in [1.54, 1.807) is 0 Å². The van der Waals surface area contributed by atoms with Crippen molar-refractivity contribution < 1.29 is 47.2 Å². The third-order valence-corrected chi connectivity index (χ3v) is 6.29. The van der Waals surface area contributed by atoms with E-state index in [0.717, 1.165) is 43.2 Å². The van der Waals surface area contributed by atoms with Gasteiger partial charge in [0.1, 0.15) is 30.0 Å². The maximum atomic E-state index is 10.8. The number of rotatable bonds is 8. The molecule has 202 valence electrons. The third-order valence-electron chi connectivity index (χ3n) is 6.29. The molecule has 2 N–H and O–H groups in total. The topological polar surface area (TPSA) is 106 Å². The highest BCUT2D eigenvalue weighted by Gasteiger charge is 2.43. The van der Waals surface area contributed by atoms with E-state index in [9.17, 15) is 18.0 Å². The van der Waals surface area contributed by atoms with E-state index in [1.807, 2.05) is 49.4 Å². The Kier molecular flexibility index (Phi) is 9.25. The number of halogens is 3. The second-order valence-corrected chi connectivity index (χ2v) is 9.07. The van der Waals surface area contributed by atoms with E-state index in [0.29, 0.717) is 19.8 Å². The monoisotopic (exact) mass is 525 g/mol. The molecular weight excluding hydrogens is 495 g/mol. The third kappa shape index (κ3) is 8.01. The van der Waals surface area contributed by atoms with Crippen molar-refractivity contribution >= 4 is 11.9 Å². The second kappa shape index (κ2) is 12.2. The Balaban J connectivity index is 0.000000479. The molecule has 1 spiro atoms. The number of likely N-dealkylation sites (tertiary alicyclic amines) is 1. The van der Waals surface area contributed by atoms with Crippen LogP contribution in [0.15, 0.2) is 48.5 Å². The van der Waals surface area contributed by atoms with Crippen LogP contribution in [0.1, 0.15) is 31.7 Å². The summed E-state index contributed by atoms with van der Waals surface area (Å²) in [6.07, 6.45) is -2.97. The first-order valence-electron chi connectivity index (χ1n) is 11.8. The van der Waals surface area contributed by atoms with Crippen molar-refractivity contribution in [2.45, 2.75) is 43.9 Å². The Bertz CT molecular complexity index is 1050. The van der Waals surface area contributed by atoms with Crippen LogP contribution < -0.4 is 14.2 Å². The lowest BCUT2D eigenvalue weighted by molar-refractivity contribution is -0.192. The number of ether oxygens (including phenoxy) is 3. The number of para-hydroxylation sites is 1. The van der Waals surface area contributed by atoms with Crippen molar-refractivity contribution in [1.29, 1.82) is 0 Å². The van der Waals surface area contributed by atoms with Crippen LogP contribution in [0.3, 0.4) is 0 Å². The van der Waals surface area contributed by atoms with Crippen molar-refractivity contribution in [2.24, 2.45) is 0 Å². The number of fused-ring (bicyclic) bond motifs is 2. The van der Waals surface area contributed by atoms with Crippen LogP contribution in [0, 0.1) is 0 Å². The fourth-order valence-corrected chi connectivity index (χ4v) is 4.29. The molecule has 2 heterocycles. The number of hydrogen-bond acceptors (Lipinski definition) is 6. The molecule has 0 bridgehead atoms. The average Bonchev–Trinajstić information content (AvgIpc) is 3.20. The van der Waals surface area contributed by atoms with Crippen molar-refractivity contribution in [2.75, 3.05) is 32.8 Å². The zero-order chi connectivity index (χ0) is 27.1. The molecule has 0 radical (unpaired) electrons. The molecule has 1 fully saturated rings. The van der Waals surface area contributed by atoms with Crippen LogP contribution >= 0.6 is 0 Å². The lowest BCUT2D eigenvalue weighted by Gasteiger charge is -2.38. The summed E-state index contributed by atoms with van der Waals surface area (Å²) in [5.74, 6) is -0.966. The Labute approximate surface area is 212 Å². The number of alkyl halides is 3. The van der Waals surface area contributed by atoms with Gasteiger partial charge in [0.2, 0.25) is 0 Å². The van der Waals surface area contributed by atoms with E-state index in [-0.39, 0.29) is 17.9 Å². The van der Waals surface area contributed by atoms with E-state index >= 15 is 0 Å². The van der Waals surface area contributed by atoms with Gasteiger partial charge in [0, 0.05) is 23.6 Å². The SMILES string of the molecule is CC(COc1ccc2c(c1)OCC21CCN(CCC(=O)O)CC1)Oc1ccccc1.O=C(O)C(F)(F)F. The molecule has 0 amide bonds. The molecule has 2 aromatic rings. The van der Waals surface area contributed by atoms with Gasteiger partial charge >= 0.3 is 18.1 Å². The lowest BCUT2D eigenvalue weighted by Crippen LogP contribution is -2.44. The van der Waals surface area contributed by atoms with Crippen molar-refractivity contribution in [3.05, 3.63) is 54.1 Å². The Hall–Kier alpha value is -3.47. The average molecular weight is 526 g/mol. The van der Waals surface area contributed by atoms with Crippen LogP contribution in [0.2, 0.25) is 0 Å². The van der Waals surface area contributed by atoms with Crippen molar-refractivity contribution in [1.82, 2.24) is 4.90 Å². The number of carbonyl (C=O) groups is 2. The van der Waals surface area contributed by atoms with Crippen LogP contribution in [-0.4, -0.2) is 72.2 Å². The number of hydrogen-bond donors (Lipinski definition) is 2. The molecule has 2 aromatic carbocycles. The molecule has 2 aliphatic rings. The maximum absolute atomic E-state index is 10.8. The van der Waals surface area contributed by atoms with Crippen LogP contribution in [0.4, 0.5) is 13.2 Å². The molecule has 0 aromatic heterocycles. The van der Waals surface area contributed by atoms with Gasteiger partial charge in [-0.2, -0.15) is 13.2 Å². The molecule has 1 saturated heterocycles. The zero-order valence-corrected chi connectivity index (χ0v) is 20.4. The maximum Gasteiger partial charge on any atom is 0.490 e. The van der Waals surface area contributed by atoms with Crippen LogP contribution in [0.5, 0.6) is 17.2 Å². The van der Waals surface area contributed by atoms with Gasteiger partial charge in [0.15, 0.2) is 0 Å². The predicted molar refractivity (Wildman–Crippen MR) is 127 cm³/mol. The molecule has 37 heavy (non-hydrogen) atoms. The number of carboxylic acid groups (broad SMARTS) is 2. The summed E-state index contributed by atoms with van der Waals surface area (Å²) in [6, 6.07) is 15.9. The van der Waals surface area contributed by atoms with Gasteiger partial charge in [-0.05, 0) is 51.1 Å². The second-order valence-electron chi connectivity index (χ2n) is 9.07. The molecule has 1 unspecified atom stereocenters.